The van der Waals surface area contributed by atoms with E-state index >= 15 is 0 Å². The molecule has 2 rings (SSSR count). The molecule has 1 aromatic rings. The normalized spacial score (nSPS) is 21.5. The van der Waals surface area contributed by atoms with Gasteiger partial charge in [0, 0.05) is 6.04 Å². The fourth-order valence-electron chi connectivity index (χ4n) is 3.62. The summed E-state index contributed by atoms with van der Waals surface area (Å²) in [4.78, 5) is 2.63. The van der Waals surface area contributed by atoms with Crippen LogP contribution in [0, 0.1) is 0 Å². The standard InChI is InChI=1S/C19H32N2/c1-3-4-14-19(20,18-12-8-7-9-13-18)17(2)21-15-10-5-6-11-16-21/h7-9,12-13,17H,3-6,10-11,14-16,20H2,1-2H3. The Balaban J connectivity index is 2.21. The van der Waals surface area contributed by atoms with Crippen molar-refractivity contribution in [3.63, 3.8) is 0 Å². The van der Waals surface area contributed by atoms with Crippen LogP contribution in [0.1, 0.15) is 64.4 Å². The minimum Gasteiger partial charge on any atom is -0.320 e. The van der Waals surface area contributed by atoms with Crippen molar-refractivity contribution in [2.24, 2.45) is 5.73 Å². The number of nitrogens with two attached hydrogens (primary N) is 1. The van der Waals surface area contributed by atoms with Crippen molar-refractivity contribution in [3.8, 4) is 0 Å². The minimum absolute atomic E-state index is 0.221. The second-order valence-corrected chi connectivity index (χ2v) is 6.64. The van der Waals surface area contributed by atoms with Gasteiger partial charge in [0.05, 0.1) is 5.54 Å². The zero-order valence-electron chi connectivity index (χ0n) is 13.9. The van der Waals surface area contributed by atoms with E-state index in [0.29, 0.717) is 6.04 Å². The van der Waals surface area contributed by atoms with Crippen LogP contribution in [-0.4, -0.2) is 24.0 Å². The largest absolute Gasteiger partial charge is 0.320 e. The predicted octanol–water partition coefficient (Wildman–Crippen LogP) is 4.30. The van der Waals surface area contributed by atoms with E-state index in [0.717, 1.165) is 6.42 Å². The van der Waals surface area contributed by atoms with Crippen molar-refractivity contribution < 1.29 is 0 Å². The lowest BCUT2D eigenvalue weighted by Crippen LogP contribution is -2.55. The first-order valence-corrected chi connectivity index (χ1v) is 8.77. The highest BCUT2D eigenvalue weighted by molar-refractivity contribution is 5.26. The summed E-state index contributed by atoms with van der Waals surface area (Å²) >= 11 is 0. The zero-order valence-corrected chi connectivity index (χ0v) is 13.9. The molecule has 1 aromatic carbocycles. The highest BCUT2D eigenvalue weighted by Crippen LogP contribution is 2.32. The van der Waals surface area contributed by atoms with Gasteiger partial charge in [-0.2, -0.15) is 0 Å². The summed E-state index contributed by atoms with van der Waals surface area (Å²) in [5.74, 6) is 0. The number of benzene rings is 1. The number of likely N-dealkylation sites (tertiary alicyclic amines) is 1. The molecule has 0 saturated carbocycles. The van der Waals surface area contributed by atoms with Crippen molar-refractivity contribution in [1.29, 1.82) is 0 Å². The number of unbranched alkanes of at least 4 members (excludes halogenated alkanes) is 1. The van der Waals surface area contributed by atoms with Gasteiger partial charge in [0.15, 0.2) is 0 Å². The second-order valence-electron chi connectivity index (χ2n) is 6.64. The topological polar surface area (TPSA) is 29.3 Å². The second kappa shape index (κ2) is 7.95. The van der Waals surface area contributed by atoms with Crippen LogP contribution < -0.4 is 5.73 Å². The fourth-order valence-corrected chi connectivity index (χ4v) is 3.62. The fraction of sp³-hybridized carbons (Fsp3) is 0.684. The Morgan fingerprint density at radius 3 is 2.29 bits per heavy atom. The third-order valence-electron chi connectivity index (χ3n) is 5.19. The summed E-state index contributed by atoms with van der Waals surface area (Å²) in [7, 11) is 0. The molecular formula is C19H32N2. The smallest absolute Gasteiger partial charge is 0.0564 e. The summed E-state index contributed by atoms with van der Waals surface area (Å²) in [6, 6.07) is 11.2. The summed E-state index contributed by atoms with van der Waals surface area (Å²) in [5, 5.41) is 0. The monoisotopic (exact) mass is 288 g/mol. The molecule has 0 bridgehead atoms. The molecular weight excluding hydrogens is 256 g/mol. The van der Waals surface area contributed by atoms with Gasteiger partial charge in [-0.15, -0.1) is 0 Å². The Kier molecular flexibility index (Phi) is 6.25. The maximum atomic E-state index is 6.99. The van der Waals surface area contributed by atoms with Crippen LogP contribution >= 0.6 is 0 Å². The average molecular weight is 288 g/mol. The summed E-state index contributed by atoms with van der Waals surface area (Å²) < 4.78 is 0. The zero-order chi connectivity index (χ0) is 15.1. The molecule has 2 N–H and O–H groups in total. The van der Waals surface area contributed by atoms with Crippen molar-refractivity contribution >= 4 is 0 Å². The molecule has 1 heterocycles. The summed E-state index contributed by atoms with van der Waals surface area (Å²) in [5.41, 5.74) is 8.07. The van der Waals surface area contributed by atoms with Gasteiger partial charge in [0.25, 0.3) is 0 Å². The Morgan fingerprint density at radius 1 is 1.10 bits per heavy atom. The van der Waals surface area contributed by atoms with Gasteiger partial charge in [0.2, 0.25) is 0 Å². The number of hydrogen-bond donors (Lipinski definition) is 1. The van der Waals surface area contributed by atoms with Crippen LogP contribution in [0.25, 0.3) is 0 Å². The molecule has 21 heavy (non-hydrogen) atoms. The Hall–Kier alpha value is -0.860. The van der Waals surface area contributed by atoms with Crippen LogP contribution in [0.2, 0.25) is 0 Å². The van der Waals surface area contributed by atoms with E-state index in [1.165, 1.54) is 57.2 Å². The molecule has 118 valence electrons. The van der Waals surface area contributed by atoms with Crippen molar-refractivity contribution in [2.75, 3.05) is 13.1 Å². The molecule has 1 saturated heterocycles. The molecule has 2 atom stereocenters. The first-order chi connectivity index (χ1) is 10.2. The molecule has 0 radical (unpaired) electrons. The molecule has 2 heteroatoms. The molecule has 1 aliphatic rings. The lowest BCUT2D eigenvalue weighted by molar-refractivity contribution is 0.126. The number of nitrogens with zero attached hydrogens (tertiary/aromatic N) is 1. The van der Waals surface area contributed by atoms with E-state index in [1.807, 2.05) is 0 Å². The van der Waals surface area contributed by atoms with Crippen LogP contribution in [0.5, 0.6) is 0 Å². The molecule has 0 amide bonds. The quantitative estimate of drug-likeness (QED) is 0.846. The van der Waals surface area contributed by atoms with Gasteiger partial charge >= 0.3 is 0 Å². The third kappa shape index (κ3) is 4.08. The van der Waals surface area contributed by atoms with Gasteiger partial charge in [-0.05, 0) is 44.8 Å². The molecule has 2 unspecified atom stereocenters. The summed E-state index contributed by atoms with van der Waals surface area (Å²) in [6.07, 6.45) is 8.88. The van der Waals surface area contributed by atoms with Gasteiger partial charge in [-0.1, -0.05) is 62.9 Å². The lowest BCUT2D eigenvalue weighted by Gasteiger charge is -2.42. The molecule has 0 spiro atoms. The van der Waals surface area contributed by atoms with E-state index in [1.54, 1.807) is 0 Å². The SMILES string of the molecule is CCCCC(N)(c1ccccc1)C(C)N1CCCCCC1. The van der Waals surface area contributed by atoms with E-state index in [9.17, 15) is 0 Å². The Bertz CT molecular complexity index is 395. The maximum absolute atomic E-state index is 6.99. The maximum Gasteiger partial charge on any atom is 0.0564 e. The van der Waals surface area contributed by atoms with Crippen LogP contribution in [0.15, 0.2) is 30.3 Å². The Labute approximate surface area is 130 Å². The molecule has 0 aliphatic carbocycles. The van der Waals surface area contributed by atoms with E-state index < -0.39 is 0 Å². The molecule has 1 fully saturated rings. The van der Waals surface area contributed by atoms with Crippen LogP contribution in [0.3, 0.4) is 0 Å². The minimum atomic E-state index is -0.221. The molecule has 1 aliphatic heterocycles. The highest BCUT2D eigenvalue weighted by Gasteiger charge is 2.36. The van der Waals surface area contributed by atoms with Crippen molar-refractivity contribution in [3.05, 3.63) is 35.9 Å². The third-order valence-corrected chi connectivity index (χ3v) is 5.19. The summed E-state index contributed by atoms with van der Waals surface area (Å²) in [6.45, 7) is 7.01. The van der Waals surface area contributed by atoms with E-state index in [2.05, 4.69) is 49.1 Å². The molecule has 2 nitrogen and oxygen atoms in total. The Morgan fingerprint density at radius 2 is 1.71 bits per heavy atom. The molecule has 0 aromatic heterocycles. The lowest BCUT2D eigenvalue weighted by atomic mass is 9.79. The van der Waals surface area contributed by atoms with Gasteiger partial charge < -0.3 is 5.73 Å². The van der Waals surface area contributed by atoms with Gasteiger partial charge in [-0.3, -0.25) is 4.90 Å². The van der Waals surface area contributed by atoms with E-state index in [4.69, 9.17) is 5.73 Å². The van der Waals surface area contributed by atoms with Crippen LogP contribution in [-0.2, 0) is 5.54 Å². The van der Waals surface area contributed by atoms with Crippen molar-refractivity contribution in [1.82, 2.24) is 4.90 Å². The average Bonchev–Trinajstić information content (AvgIpc) is 2.82. The van der Waals surface area contributed by atoms with E-state index in [-0.39, 0.29) is 5.54 Å². The number of rotatable bonds is 6. The first kappa shape index (κ1) is 16.5. The first-order valence-electron chi connectivity index (χ1n) is 8.77. The van der Waals surface area contributed by atoms with Gasteiger partial charge in [0.1, 0.15) is 0 Å². The van der Waals surface area contributed by atoms with Crippen LogP contribution in [0.4, 0.5) is 0 Å². The highest BCUT2D eigenvalue weighted by atomic mass is 15.2. The predicted molar refractivity (Wildman–Crippen MR) is 91.3 cm³/mol. The van der Waals surface area contributed by atoms with Gasteiger partial charge in [-0.25, -0.2) is 0 Å². The number of hydrogen-bond acceptors (Lipinski definition) is 2. The van der Waals surface area contributed by atoms with Crippen molar-refractivity contribution in [2.45, 2.75) is 70.4 Å².